The summed E-state index contributed by atoms with van der Waals surface area (Å²) in [4.78, 5) is 5.04. The van der Waals surface area contributed by atoms with Gasteiger partial charge in [0.25, 0.3) is 0 Å². The number of hydrogen-bond acceptors (Lipinski definition) is 5. The number of nitrogens with two attached hydrogens (primary N) is 2. The lowest BCUT2D eigenvalue weighted by molar-refractivity contribution is 0.0346. The van der Waals surface area contributed by atoms with Crippen LogP contribution in [0, 0.1) is 0 Å². The van der Waals surface area contributed by atoms with Gasteiger partial charge in [-0.1, -0.05) is 6.07 Å². The van der Waals surface area contributed by atoms with Crippen LogP contribution in [0.2, 0.25) is 0 Å². The van der Waals surface area contributed by atoms with Crippen LogP contribution in [-0.2, 0) is 11.3 Å². The maximum absolute atomic E-state index is 5.87. The first-order valence-corrected chi connectivity index (χ1v) is 7.58. The summed E-state index contributed by atoms with van der Waals surface area (Å²) in [5.41, 5.74) is 14.0. The molecule has 0 spiro atoms. The van der Waals surface area contributed by atoms with Crippen molar-refractivity contribution in [2.45, 2.75) is 6.54 Å². The molecule has 5 heteroatoms. The first-order chi connectivity index (χ1) is 9.72. The average Bonchev–Trinajstić information content (AvgIpc) is 2.91. The highest BCUT2D eigenvalue weighted by Crippen LogP contribution is 2.31. The molecule has 3 rings (SSSR count). The van der Waals surface area contributed by atoms with Gasteiger partial charge >= 0.3 is 0 Å². The minimum atomic E-state index is 0.638. The van der Waals surface area contributed by atoms with Crippen LogP contribution in [0.4, 0.5) is 11.4 Å². The number of anilines is 2. The van der Waals surface area contributed by atoms with E-state index in [0.29, 0.717) is 11.4 Å². The molecule has 4 nitrogen and oxygen atoms in total. The first-order valence-electron chi connectivity index (χ1n) is 6.76. The molecule has 0 unspecified atom stereocenters. The predicted molar refractivity (Wildman–Crippen MR) is 84.7 cm³/mol. The largest absolute Gasteiger partial charge is 0.397 e. The van der Waals surface area contributed by atoms with E-state index in [1.54, 1.807) is 0 Å². The third-order valence-electron chi connectivity index (χ3n) is 3.52. The van der Waals surface area contributed by atoms with Crippen molar-refractivity contribution in [2.75, 3.05) is 37.8 Å². The molecular weight excluding hydrogens is 270 g/mol. The fourth-order valence-corrected chi connectivity index (χ4v) is 3.37. The second-order valence-electron chi connectivity index (χ2n) is 5.00. The molecule has 1 aromatic heterocycles. The summed E-state index contributed by atoms with van der Waals surface area (Å²) in [6, 6.07) is 10.2. The van der Waals surface area contributed by atoms with E-state index in [9.17, 15) is 0 Å². The van der Waals surface area contributed by atoms with Gasteiger partial charge in [-0.15, -0.1) is 11.3 Å². The van der Waals surface area contributed by atoms with E-state index >= 15 is 0 Å². The van der Waals surface area contributed by atoms with Gasteiger partial charge in [-0.25, -0.2) is 0 Å². The molecule has 20 heavy (non-hydrogen) atoms. The summed E-state index contributed by atoms with van der Waals surface area (Å²) >= 11 is 1.82. The minimum Gasteiger partial charge on any atom is -0.397 e. The van der Waals surface area contributed by atoms with Crippen LogP contribution >= 0.6 is 11.3 Å². The smallest absolute Gasteiger partial charge is 0.0594 e. The Hall–Kier alpha value is -1.56. The molecule has 0 atom stereocenters. The maximum Gasteiger partial charge on any atom is 0.0594 e. The number of hydrogen-bond donors (Lipinski definition) is 2. The van der Waals surface area contributed by atoms with Crippen LogP contribution in [0.3, 0.4) is 0 Å². The standard InChI is InChI=1S/C15H19N3OS/c16-13-3-1-11(9-14(13)17)15-4-2-12(20-15)10-18-5-7-19-8-6-18/h1-4,9H,5-8,10,16-17H2. The topological polar surface area (TPSA) is 64.5 Å². The second kappa shape index (κ2) is 5.83. The summed E-state index contributed by atoms with van der Waals surface area (Å²) in [6.45, 7) is 4.71. The molecule has 1 fully saturated rings. The Morgan fingerprint density at radius 1 is 1.05 bits per heavy atom. The van der Waals surface area contributed by atoms with Crippen LogP contribution in [0.25, 0.3) is 10.4 Å². The summed E-state index contributed by atoms with van der Waals surface area (Å²) in [7, 11) is 0. The second-order valence-corrected chi connectivity index (χ2v) is 6.17. The van der Waals surface area contributed by atoms with Crippen LogP contribution < -0.4 is 11.5 Å². The van der Waals surface area contributed by atoms with Crippen molar-refractivity contribution in [2.24, 2.45) is 0 Å². The Balaban J connectivity index is 1.73. The van der Waals surface area contributed by atoms with Gasteiger partial charge < -0.3 is 16.2 Å². The molecule has 2 heterocycles. The van der Waals surface area contributed by atoms with Crippen molar-refractivity contribution in [1.29, 1.82) is 0 Å². The molecule has 1 aliphatic rings. The molecule has 4 N–H and O–H groups in total. The molecule has 1 aromatic carbocycles. The number of rotatable bonds is 3. The highest BCUT2D eigenvalue weighted by atomic mass is 32.1. The van der Waals surface area contributed by atoms with E-state index in [1.807, 2.05) is 29.5 Å². The molecule has 0 amide bonds. The zero-order valence-corrected chi connectivity index (χ0v) is 12.2. The monoisotopic (exact) mass is 289 g/mol. The van der Waals surface area contributed by atoms with Gasteiger partial charge in [-0.2, -0.15) is 0 Å². The number of nitrogen functional groups attached to an aromatic ring is 2. The van der Waals surface area contributed by atoms with Gasteiger partial charge in [0.1, 0.15) is 0 Å². The molecule has 106 valence electrons. The maximum atomic E-state index is 5.87. The van der Waals surface area contributed by atoms with Gasteiger partial charge in [0, 0.05) is 29.4 Å². The Morgan fingerprint density at radius 3 is 2.60 bits per heavy atom. The van der Waals surface area contributed by atoms with Crippen LogP contribution in [-0.4, -0.2) is 31.2 Å². The Kier molecular flexibility index (Phi) is 3.91. The number of thiophene rings is 1. The summed E-state index contributed by atoms with van der Waals surface area (Å²) in [5.74, 6) is 0. The lowest BCUT2D eigenvalue weighted by Crippen LogP contribution is -2.35. The molecular formula is C15H19N3OS. The van der Waals surface area contributed by atoms with Gasteiger partial charge in [-0.05, 0) is 29.8 Å². The van der Waals surface area contributed by atoms with E-state index in [2.05, 4.69) is 17.0 Å². The molecule has 0 radical (unpaired) electrons. The van der Waals surface area contributed by atoms with E-state index in [1.165, 1.54) is 9.75 Å². The first kappa shape index (κ1) is 13.4. The highest BCUT2D eigenvalue weighted by molar-refractivity contribution is 7.15. The molecule has 0 saturated carbocycles. The van der Waals surface area contributed by atoms with Crippen LogP contribution in [0.5, 0.6) is 0 Å². The van der Waals surface area contributed by atoms with Gasteiger partial charge in [0.2, 0.25) is 0 Å². The number of ether oxygens (including phenoxy) is 1. The van der Waals surface area contributed by atoms with Gasteiger partial charge in [0.05, 0.1) is 24.6 Å². The number of morpholine rings is 1. The SMILES string of the molecule is Nc1ccc(-c2ccc(CN3CCOCC3)s2)cc1N. The van der Waals surface area contributed by atoms with E-state index in [-0.39, 0.29) is 0 Å². The van der Waals surface area contributed by atoms with E-state index in [0.717, 1.165) is 38.4 Å². The van der Waals surface area contributed by atoms with E-state index < -0.39 is 0 Å². The number of nitrogens with zero attached hydrogens (tertiary/aromatic N) is 1. The quantitative estimate of drug-likeness (QED) is 0.852. The number of benzene rings is 1. The average molecular weight is 289 g/mol. The Morgan fingerprint density at radius 2 is 1.85 bits per heavy atom. The van der Waals surface area contributed by atoms with Crippen LogP contribution in [0.1, 0.15) is 4.88 Å². The van der Waals surface area contributed by atoms with Crippen molar-refractivity contribution in [3.05, 3.63) is 35.2 Å². The fourth-order valence-electron chi connectivity index (χ4n) is 2.33. The van der Waals surface area contributed by atoms with Crippen molar-refractivity contribution >= 4 is 22.7 Å². The lowest BCUT2D eigenvalue weighted by atomic mass is 10.1. The zero-order valence-electron chi connectivity index (χ0n) is 11.3. The normalized spacial score (nSPS) is 16.4. The van der Waals surface area contributed by atoms with Gasteiger partial charge in [0.15, 0.2) is 0 Å². The van der Waals surface area contributed by atoms with Crippen molar-refractivity contribution in [1.82, 2.24) is 4.90 Å². The van der Waals surface area contributed by atoms with E-state index in [4.69, 9.17) is 16.2 Å². The minimum absolute atomic E-state index is 0.638. The molecule has 1 aliphatic heterocycles. The van der Waals surface area contributed by atoms with Gasteiger partial charge in [-0.3, -0.25) is 4.90 Å². The fraction of sp³-hybridized carbons (Fsp3) is 0.333. The van der Waals surface area contributed by atoms with Crippen molar-refractivity contribution in [3.8, 4) is 10.4 Å². The van der Waals surface area contributed by atoms with Crippen molar-refractivity contribution < 1.29 is 4.74 Å². The third kappa shape index (κ3) is 2.95. The van der Waals surface area contributed by atoms with Crippen molar-refractivity contribution in [3.63, 3.8) is 0 Å². The summed E-state index contributed by atoms with van der Waals surface area (Å²) < 4.78 is 5.37. The highest BCUT2D eigenvalue weighted by Gasteiger charge is 2.12. The molecule has 0 aliphatic carbocycles. The molecule has 2 aromatic rings. The zero-order chi connectivity index (χ0) is 13.9. The lowest BCUT2D eigenvalue weighted by Gasteiger charge is -2.25. The Bertz CT molecular complexity index is 591. The molecule has 1 saturated heterocycles. The third-order valence-corrected chi connectivity index (χ3v) is 4.64. The summed E-state index contributed by atoms with van der Waals surface area (Å²) in [5, 5.41) is 0. The predicted octanol–water partition coefficient (Wildman–Crippen LogP) is 2.41. The van der Waals surface area contributed by atoms with Crippen LogP contribution in [0.15, 0.2) is 30.3 Å². The molecule has 0 bridgehead atoms. The summed E-state index contributed by atoms with van der Waals surface area (Å²) in [6.07, 6.45) is 0. The Labute approximate surface area is 123 Å².